The number of nitrogens with one attached hydrogen (secondary N) is 1. The van der Waals surface area contributed by atoms with E-state index in [-0.39, 0.29) is 17.7 Å². The molecule has 3 aromatic rings. The Morgan fingerprint density at radius 3 is 2.84 bits per heavy atom. The maximum Gasteiger partial charge on any atom is 0.272 e. The molecule has 3 heterocycles. The number of carbonyl (C=O) groups is 2. The quantitative estimate of drug-likeness (QED) is 0.624. The lowest BCUT2D eigenvalue weighted by molar-refractivity contribution is -0.126. The normalized spacial score (nSPS) is 15.9. The van der Waals surface area contributed by atoms with Gasteiger partial charge in [-0.15, -0.1) is 11.3 Å². The lowest BCUT2D eigenvalue weighted by Gasteiger charge is -2.32. The zero-order valence-electron chi connectivity index (χ0n) is 17.8. The van der Waals surface area contributed by atoms with E-state index in [1.165, 1.54) is 11.3 Å². The van der Waals surface area contributed by atoms with Crippen molar-refractivity contribution in [3.63, 3.8) is 0 Å². The number of benzene rings is 1. The number of thiazole rings is 1. The number of amides is 2. The second kappa shape index (κ2) is 9.75. The Balaban J connectivity index is 1.33. The molecule has 1 unspecified atom stereocenters. The van der Waals surface area contributed by atoms with E-state index in [1.807, 2.05) is 24.4 Å². The highest BCUT2D eigenvalue weighted by Crippen LogP contribution is 2.23. The van der Waals surface area contributed by atoms with Gasteiger partial charge in [0, 0.05) is 36.8 Å². The highest BCUT2D eigenvalue weighted by atomic mass is 32.1. The lowest BCUT2D eigenvalue weighted by Crippen LogP contribution is -2.45. The van der Waals surface area contributed by atoms with Crippen molar-refractivity contribution < 1.29 is 9.59 Å². The number of aromatic nitrogens is 3. The highest BCUT2D eigenvalue weighted by Gasteiger charge is 2.30. The Hall–Kier alpha value is -3.51. The van der Waals surface area contributed by atoms with E-state index < -0.39 is 0 Å². The number of piperidine rings is 1. The van der Waals surface area contributed by atoms with Crippen molar-refractivity contribution in [2.24, 2.45) is 5.92 Å². The van der Waals surface area contributed by atoms with Crippen molar-refractivity contribution in [3.05, 3.63) is 58.2 Å². The van der Waals surface area contributed by atoms with Crippen molar-refractivity contribution in [2.45, 2.75) is 32.9 Å². The monoisotopic (exact) mass is 448 g/mol. The summed E-state index contributed by atoms with van der Waals surface area (Å²) in [6, 6.07) is 11.1. The maximum atomic E-state index is 12.9. The van der Waals surface area contributed by atoms with Gasteiger partial charge in [0.2, 0.25) is 5.91 Å². The average Bonchev–Trinajstić information content (AvgIpc) is 3.52. The Morgan fingerprint density at radius 1 is 1.28 bits per heavy atom. The SMILES string of the molecule is CCn1nccc1C(=O)N1CCCC(C(=O)NCc2nc(-c3ccc(C#N)cc3)cs2)C1. The van der Waals surface area contributed by atoms with Gasteiger partial charge in [-0.3, -0.25) is 14.3 Å². The summed E-state index contributed by atoms with van der Waals surface area (Å²) >= 11 is 1.49. The van der Waals surface area contributed by atoms with Crippen LogP contribution in [0.25, 0.3) is 11.3 Å². The standard InChI is InChI=1S/C23H24N6O2S/c1-2-29-20(9-10-26-29)23(31)28-11-3-4-18(14-28)22(30)25-13-21-27-19(15-32-21)17-7-5-16(12-24)6-8-17/h5-10,15,18H,2-4,11,13-14H2,1H3,(H,25,30). The minimum Gasteiger partial charge on any atom is -0.349 e. The Bertz CT molecular complexity index is 1140. The second-order valence-corrected chi connectivity index (χ2v) is 8.60. The van der Waals surface area contributed by atoms with Crippen LogP contribution in [0.2, 0.25) is 0 Å². The van der Waals surface area contributed by atoms with Gasteiger partial charge in [0.1, 0.15) is 10.7 Å². The molecule has 1 saturated heterocycles. The zero-order valence-corrected chi connectivity index (χ0v) is 18.6. The van der Waals surface area contributed by atoms with Crippen LogP contribution in [0.15, 0.2) is 41.9 Å². The molecule has 1 aliphatic rings. The first-order valence-corrected chi connectivity index (χ1v) is 11.5. The molecule has 1 aromatic carbocycles. The number of likely N-dealkylation sites (tertiary alicyclic amines) is 1. The fraction of sp³-hybridized carbons (Fsp3) is 0.348. The topological polar surface area (TPSA) is 104 Å². The number of aryl methyl sites for hydroxylation is 1. The first kappa shape index (κ1) is 21.7. The smallest absolute Gasteiger partial charge is 0.272 e. The number of hydrogen-bond donors (Lipinski definition) is 1. The van der Waals surface area contributed by atoms with E-state index in [4.69, 9.17) is 5.26 Å². The summed E-state index contributed by atoms with van der Waals surface area (Å²) in [6.07, 6.45) is 3.19. The van der Waals surface area contributed by atoms with Gasteiger partial charge in [0.15, 0.2) is 0 Å². The van der Waals surface area contributed by atoms with Crippen LogP contribution in [0.4, 0.5) is 0 Å². The molecule has 1 aliphatic heterocycles. The van der Waals surface area contributed by atoms with Gasteiger partial charge in [0.25, 0.3) is 5.91 Å². The summed E-state index contributed by atoms with van der Waals surface area (Å²) in [5.74, 6) is -0.362. The molecule has 0 spiro atoms. The van der Waals surface area contributed by atoms with Crippen LogP contribution >= 0.6 is 11.3 Å². The third kappa shape index (κ3) is 4.70. The van der Waals surface area contributed by atoms with Crippen LogP contribution in [-0.4, -0.2) is 44.6 Å². The molecular weight excluding hydrogens is 424 g/mol. The molecule has 4 rings (SSSR count). The summed E-state index contributed by atoms with van der Waals surface area (Å²) in [4.78, 5) is 32.0. The van der Waals surface area contributed by atoms with Crippen molar-refractivity contribution in [1.82, 2.24) is 25.0 Å². The summed E-state index contributed by atoms with van der Waals surface area (Å²) in [5.41, 5.74) is 2.93. The van der Waals surface area contributed by atoms with Crippen LogP contribution in [0, 0.1) is 17.2 Å². The summed E-state index contributed by atoms with van der Waals surface area (Å²) in [5, 5.41) is 18.8. The Labute approximate surface area is 190 Å². The van der Waals surface area contributed by atoms with Crippen LogP contribution in [0.1, 0.15) is 40.8 Å². The largest absolute Gasteiger partial charge is 0.349 e. The summed E-state index contributed by atoms with van der Waals surface area (Å²) in [6.45, 7) is 3.99. The molecular formula is C23H24N6O2S. The number of carbonyl (C=O) groups excluding carboxylic acids is 2. The van der Waals surface area contributed by atoms with Gasteiger partial charge >= 0.3 is 0 Å². The molecule has 0 saturated carbocycles. The zero-order chi connectivity index (χ0) is 22.5. The summed E-state index contributed by atoms with van der Waals surface area (Å²) < 4.78 is 1.68. The molecule has 0 aliphatic carbocycles. The van der Waals surface area contributed by atoms with Gasteiger partial charge in [-0.2, -0.15) is 10.4 Å². The molecule has 1 fully saturated rings. The highest BCUT2D eigenvalue weighted by molar-refractivity contribution is 7.09. The second-order valence-electron chi connectivity index (χ2n) is 7.66. The lowest BCUT2D eigenvalue weighted by atomic mass is 9.97. The van der Waals surface area contributed by atoms with Crippen molar-refractivity contribution in [2.75, 3.05) is 13.1 Å². The van der Waals surface area contributed by atoms with E-state index in [0.29, 0.717) is 37.4 Å². The molecule has 0 bridgehead atoms. The summed E-state index contributed by atoms with van der Waals surface area (Å²) in [7, 11) is 0. The van der Waals surface area contributed by atoms with Crippen molar-refractivity contribution in [3.8, 4) is 17.3 Å². The Morgan fingerprint density at radius 2 is 2.09 bits per heavy atom. The van der Waals surface area contributed by atoms with Crippen molar-refractivity contribution >= 4 is 23.2 Å². The molecule has 0 radical (unpaired) electrons. The fourth-order valence-electron chi connectivity index (χ4n) is 3.85. The number of rotatable bonds is 6. The third-order valence-corrected chi connectivity index (χ3v) is 6.44. The van der Waals surface area contributed by atoms with Gasteiger partial charge in [-0.25, -0.2) is 4.98 Å². The van der Waals surface area contributed by atoms with Gasteiger partial charge in [-0.1, -0.05) is 12.1 Å². The molecule has 9 heteroatoms. The van der Waals surface area contributed by atoms with Crippen LogP contribution in [-0.2, 0) is 17.9 Å². The molecule has 164 valence electrons. The molecule has 8 nitrogen and oxygen atoms in total. The number of nitrogens with zero attached hydrogens (tertiary/aromatic N) is 5. The van der Waals surface area contributed by atoms with E-state index in [0.717, 1.165) is 29.1 Å². The van der Waals surface area contributed by atoms with Gasteiger partial charge in [-0.05, 0) is 38.0 Å². The van der Waals surface area contributed by atoms with E-state index >= 15 is 0 Å². The molecule has 1 atom stereocenters. The minimum absolute atomic E-state index is 0.0541. The fourth-order valence-corrected chi connectivity index (χ4v) is 4.59. The van der Waals surface area contributed by atoms with E-state index in [1.54, 1.807) is 34.0 Å². The average molecular weight is 449 g/mol. The third-order valence-electron chi connectivity index (χ3n) is 5.59. The molecule has 2 aromatic heterocycles. The Kier molecular flexibility index (Phi) is 6.61. The predicted molar refractivity (Wildman–Crippen MR) is 121 cm³/mol. The van der Waals surface area contributed by atoms with Crippen LogP contribution in [0.3, 0.4) is 0 Å². The van der Waals surface area contributed by atoms with E-state index in [2.05, 4.69) is 21.5 Å². The first-order chi connectivity index (χ1) is 15.6. The number of hydrogen-bond acceptors (Lipinski definition) is 6. The number of nitriles is 1. The van der Waals surface area contributed by atoms with Gasteiger partial charge in [0.05, 0.1) is 29.8 Å². The van der Waals surface area contributed by atoms with Gasteiger partial charge < -0.3 is 10.2 Å². The van der Waals surface area contributed by atoms with Crippen LogP contribution < -0.4 is 5.32 Å². The van der Waals surface area contributed by atoms with E-state index in [9.17, 15) is 9.59 Å². The maximum absolute atomic E-state index is 12.9. The first-order valence-electron chi connectivity index (χ1n) is 10.6. The van der Waals surface area contributed by atoms with Crippen LogP contribution in [0.5, 0.6) is 0 Å². The predicted octanol–water partition coefficient (Wildman–Crippen LogP) is 3.07. The molecule has 2 amide bonds. The van der Waals surface area contributed by atoms with Crippen molar-refractivity contribution in [1.29, 1.82) is 5.26 Å². The molecule has 32 heavy (non-hydrogen) atoms. The minimum atomic E-state index is -0.233. The molecule has 1 N–H and O–H groups in total.